The first kappa shape index (κ1) is 16.4. The molecule has 2 aromatic heterocycles. The Kier molecular flexibility index (Phi) is 5.83. The standard InChI is InChI=1S/C15H21N5OS/c1-4-5-8-13(12-7-6-9-16-10-12)20(3)15(21)18-14-17-11(2)19-22-14/h6-7,9-10,13H,4-5,8H2,1-3H3,(H,17,18,19,21)/t13-/m0/s1. The smallest absolute Gasteiger partial charge is 0.320 e. The van der Waals surface area contributed by atoms with Crippen molar-refractivity contribution in [3.8, 4) is 0 Å². The minimum atomic E-state index is -0.180. The van der Waals surface area contributed by atoms with Crippen molar-refractivity contribution in [2.24, 2.45) is 0 Å². The van der Waals surface area contributed by atoms with Crippen molar-refractivity contribution in [3.05, 3.63) is 35.9 Å². The second-order valence-electron chi connectivity index (χ2n) is 5.13. The summed E-state index contributed by atoms with van der Waals surface area (Å²) in [7, 11) is 1.80. The quantitative estimate of drug-likeness (QED) is 0.882. The van der Waals surface area contributed by atoms with E-state index in [0.717, 1.165) is 24.8 Å². The van der Waals surface area contributed by atoms with Gasteiger partial charge in [-0.05, 0) is 25.0 Å². The number of aryl methyl sites for hydroxylation is 1. The van der Waals surface area contributed by atoms with E-state index in [-0.39, 0.29) is 12.1 Å². The third-order valence-corrected chi connectivity index (χ3v) is 4.15. The maximum Gasteiger partial charge on any atom is 0.323 e. The van der Waals surface area contributed by atoms with Crippen LogP contribution in [-0.2, 0) is 0 Å². The molecule has 0 aromatic carbocycles. The Hall–Kier alpha value is -2.02. The second kappa shape index (κ2) is 7.84. The van der Waals surface area contributed by atoms with Gasteiger partial charge in [-0.15, -0.1) is 0 Å². The monoisotopic (exact) mass is 319 g/mol. The highest BCUT2D eigenvalue weighted by Crippen LogP contribution is 2.25. The molecule has 2 rings (SSSR count). The number of hydrogen-bond donors (Lipinski definition) is 1. The lowest BCUT2D eigenvalue weighted by Crippen LogP contribution is -2.35. The van der Waals surface area contributed by atoms with Gasteiger partial charge < -0.3 is 4.90 Å². The fourth-order valence-electron chi connectivity index (χ4n) is 2.22. The Morgan fingerprint density at radius 3 is 2.91 bits per heavy atom. The molecule has 6 nitrogen and oxygen atoms in total. The first-order chi connectivity index (χ1) is 10.6. The van der Waals surface area contributed by atoms with E-state index < -0.39 is 0 Å². The zero-order valence-electron chi connectivity index (χ0n) is 13.1. The van der Waals surface area contributed by atoms with Gasteiger partial charge in [0.05, 0.1) is 6.04 Å². The molecule has 0 aliphatic carbocycles. The summed E-state index contributed by atoms with van der Waals surface area (Å²) in [5.74, 6) is 0.665. The van der Waals surface area contributed by atoms with Gasteiger partial charge >= 0.3 is 6.03 Å². The van der Waals surface area contributed by atoms with Crippen molar-refractivity contribution >= 4 is 22.7 Å². The van der Waals surface area contributed by atoms with E-state index >= 15 is 0 Å². The lowest BCUT2D eigenvalue weighted by Gasteiger charge is -2.28. The SMILES string of the molecule is CCCC[C@@H](c1cccnc1)N(C)C(=O)Nc1nc(C)ns1. The van der Waals surface area contributed by atoms with Crippen LogP contribution in [0, 0.1) is 6.92 Å². The maximum atomic E-state index is 12.4. The summed E-state index contributed by atoms with van der Waals surface area (Å²) < 4.78 is 4.07. The van der Waals surface area contributed by atoms with Crippen LogP contribution in [0.15, 0.2) is 24.5 Å². The van der Waals surface area contributed by atoms with Gasteiger partial charge in [0.15, 0.2) is 0 Å². The molecule has 0 bridgehead atoms. The zero-order valence-corrected chi connectivity index (χ0v) is 13.9. The van der Waals surface area contributed by atoms with Crippen LogP contribution in [0.2, 0.25) is 0 Å². The number of rotatable bonds is 6. The molecule has 0 spiro atoms. The molecule has 0 saturated heterocycles. The van der Waals surface area contributed by atoms with Crippen LogP contribution < -0.4 is 5.32 Å². The lowest BCUT2D eigenvalue weighted by atomic mass is 10.0. The van der Waals surface area contributed by atoms with Gasteiger partial charge in [0.25, 0.3) is 0 Å². The first-order valence-corrected chi connectivity index (χ1v) is 8.13. The van der Waals surface area contributed by atoms with Gasteiger partial charge in [0.2, 0.25) is 5.13 Å². The van der Waals surface area contributed by atoms with Gasteiger partial charge in [0.1, 0.15) is 5.82 Å². The third-order valence-electron chi connectivity index (χ3n) is 3.43. The molecular weight excluding hydrogens is 298 g/mol. The molecule has 2 aromatic rings. The summed E-state index contributed by atoms with van der Waals surface area (Å²) in [6, 6.07) is 3.73. The maximum absolute atomic E-state index is 12.4. The number of amides is 2. The number of carbonyl (C=O) groups excluding carboxylic acids is 1. The summed E-state index contributed by atoms with van der Waals surface area (Å²) in [4.78, 5) is 22.5. The van der Waals surface area contributed by atoms with E-state index in [9.17, 15) is 4.79 Å². The normalized spacial score (nSPS) is 12.0. The summed E-state index contributed by atoms with van der Waals surface area (Å²) in [6.45, 7) is 3.94. The first-order valence-electron chi connectivity index (χ1n) is 7.36. The van der Waals surface area contributed by atoms with E-state index in [2.05, 4.69) is 26.6 Å². The molecule has 0 unspecified atom stereocenters. The molecule has 0 fully saturated rings. The van der Waals surface area contributed by atoms with Crippen molar-refractivity contribution in [1.82, 2.24) is 19.2 Å². The van der Waals surface area contributed by atoms with Crippen molar-refractivity contribution in [3.63, 3.8) is 0 Å². The number of urea groups is 1. The lowest BCUT2D eigenvalue weighted by molar-refractivity contribution is 0.199. The number of hydrogen-bond acceptors (Lipinski definition) is 5. The number of anilines is 1. The number of nitrogens with zero attached hydrogens (tertiary/aromatic N) is 4. The van der Waals surface area contributed by atoms with Gasteiger partial charge in [-0.3, -0.25) is 10.3 Å². The number of nitrogens with one attached hydrogen (secondary N) is 1. The highest BCUT2D eigenvalue weighted by Gasteiger charge is 2.22. The van der Waals surface area contributed by atoms with Crippen LogP contribution in [0.1, 0.15) is 43.6 Å². The largest absolute Gasteiger partial charge is 0.323 e. The molecule has 0 radical (unpaired) electrons. The predicted octanol–water partition coefficient (Wildman–Crippen LogP) is 3.64. The Balaban J connectivity index is 2.10. The van der Waals surface area contributed by atoms with Crippen molar-refractivity contribution < 1.29 is 4.79 Å². The minimum absolute atomic E-state index is 0.00247. The van der Waals surface area contributed by atoms with Crippen LogP contribution in [0.25, 0.3) is 0 Å². The number of unbranched alkanes of at least 4 members (excludes halogenated alkanes) is 1. The van der Waals surface area contributed by atoms with Gasteiger partial charge in [-0.25, -0.2) is 9.78 Å². The van der Waals surface area contributed by atoms with Crippen molar-refractivity contribution in [2.45, 2.75) is 39.2 Å². The van der Waals surface area contributed by atoms with E-state index in [0.29, 0.717) is 11.0 Å². The molecule has 118 valence electrons. The number of aromatic nitrogens is 3. The van der Waals surface area contributed by atoms with Crippen LogP contribution >= 0.6 is 11.5 Å². The Morgan fingerprint density at radius 2 is 2.32 bits per heavy atom. The summed E-state index contributed by atoms with van der Waals surface area (Å²) in [5.41, 5.74) is 1.04. The van der Waals surface area contributed by atoms with Crippen LogP contribution in [-0.4, -0.2) is 32.3 Å². The Morgan fingerprint density at radius 1 is 1.50 bits per heavy atom. The van der Waals surface area contributed by atoms with Gasteiger partial charge in [-0.1, -0.05) is 25.8 Å². The minimum Gasteiger partial charge on any atom is -0.320 e. The summed E-state index contributed by atoms with van der Waals surface area (Å²) in [6.07, 6.45) is 6.60. The van der Waals surface area contributed by atoms with Crippen molar-refractivity contribution in [2.75, 3.05) is 12.4 Å². The van der Waals surface area contributed by atoms with E-state index in [1.165, 1.54) is 11.5 Å². The summed E-state index contributed by atoms with van der Waals surface area (Å²) >= 11 is 1.19. The fourth-order valence-corrected chi connectivity index (χ4v) is 2.79. The molecular formula is C15H21N5OS. The second-order valence-corrected chi connectivity index (χ2v) is 5.88. The Bertz CT molecular complexity index is 601. The zero-order chi connectivity index (χ0) is 15.9. The van der Waals surface area contributed by atoms with Crippen LogP contribution in [0.5, 0.6) is 0 Å². The Labute approximate surface area is 134 Å². The molecule has 1 atom stereocenters. The molecule has 0 aliphatic rings. The van der Waals surface area contributed by atoms with Crippen LogP contribution in [0.3, 0.4) is 0 Å². The van der Waals surface area contributed by atoms with E-state index in [1.54, 1.807) is 25.1 Å². The van der Waals surface area contributed by atoms with Gasteiger partial charge in [0, 0.05) is 31.0 Å². The average Bonchev–Trinajstić information content (AvgIpc) is 2.93. The molecule has 0 aliphatic heterocycles. The fraction of sp³-hybridized carbons (Fsp3) is 0.467. The number of carbonyl (C=O) groups is 1. The van der Waals surface area contributed by atoms with E-state index in [1.807, 2.05) is 18.3 Å². The van der Waals surface area contributed by atoms with Gasteiger partial charge in [-0.2, -0.15) is 4.37 Å². The highest BCUT2D eigenvalue weighted by molar-refractivity contribution is 7.09. The molecule has 22 heavy (non-hydrogen) atoms. The molecule has 2 heterocycles. The summed E-state index contributed by atoms with van der Waals surface area (Å²) in [5, 5.41) is 3.32. The van der Waals surface area contributed by atoms with Crippen molar-refractivity contribution in [1.29, 1.82) is 0 Å². The van der Waals surface area contributed by atoms with Crippen LogP contribution in [0.4, 0.5) is 9.93 Å². The molecule has 7 heteroatoms. The number of pyridine rings is 1. The molecule has 2 amide bonds. The molecule has 1 N–H and O–H groups in total. The van der Waals surface area contributed by atoms with E-state index in [4.69, 9.17) is 0 Å². The predicted molar refractivity (Wildman–Crippen MR) is 87.9 cm³/mol. The highest BCUT2D eigenvalue weighted by atomic mass is 32.1. The topological polar surface area (TPSA) is 71.0 Å². The molecule has 0 saturated carbocycles. The average molecular weight is 319 g/mol. The third kappa shape index (κ3) is 4.24.